The quantitative estimate of drug-likeness (QED) is 0.939. The average molecular weight is 312 g/mol. The highest BCUT2D eigenvalue weighted by atomic mass is 16.5. The second-order valence-electron chi connectivity index (χ2n) is 5.77. The van der Waals surface area contributed by atoms with Crippen molar-refractivity contribution < 1.29 is 14.3 Å². The van der Waals surface area contributed by atoms with E-state index in [1.54, 1.807) is 4.90 Å². The van der Waals surface area contributed by atoms with Gasteiger partial charge < -0.3 is 15.4 Å². The predicted molar refractivity (Wildman–Crippen MR) is 88.0 cm³/mol. The minimum absolute atomic E-state index is 0.0855. The molecule has 2 aromatic carbocycles. The molecule has 0 aliphatic carbocycles. The van der Waals surface area contributed by atoms with Gasteiger partial charge in [0.15, 0.2) is 6.61 Å². The number of amides is 2. The molecule has 23 heavy (non-hydrogen) atoms. The summed E-state index contributed by atoms with van der Waals surface area (Å²) in [5, 5.41) is 2.03. The lowest BCUT2D eigenvalue weighted by atomic mass is 10.0. The number of carbonyl (C=O) groups is 2. The van der Waals surface area contributed by atoms with Gasteiger partial charge in [-0.1, -0.05) is 36.4 Å². The van der Waals surface area contributed by atoms with Crippen LogP contribution < -0.4 is 10.5 Å². The summed E-state index contributed by atoms with van der Waals surface area (Å²) < 4.78 is 5.72. The van der Waals surface area contributed by atoms with E-state index in [0.29, 0.717) is 18.7 Å². The van der Waals surface area contributed by atoms with E-state index in [0.717, 1.165) is 23.6 Å². The first-order valence-corrected chi connectivity index (χ1v) is 7.86. The minimum Gasteiger partial charge on any atom is -0.483 e. The Morgan fingerprint density at radius 1 is 1.13 bits per heavy atom. The summed E-state index contributed by atoms with van der Waals surface area (Å²) in [5.41, 5.74) is 5.40. The number of primary amides is 1. The number of piperidine rings is 1. The molecule has 1 unspecified atom stereocenters. The maximum atomic E-state index is 12.4. The molecule has 0 bridgehead atoms. The van der Waals surface area contributed by atoms with Gasteiger partial charge in [-0.05, 0) is 30.7 Å². The van der Waals surface area contributed by atoms with Gasteiger partial charge in [-0.15, -0.1) is 0 Å². The van der Waals surface area contributed by atoms with Crippen molar-refractivity contribution in [2.24, 2.45) is 5.73 Å². The zero-order chi connectivity index (χ0) is 16.2. The number of hydrogen-bond donors (Lipinski definition) is 1. The van der Waals surface area contributed by atoms with Gasteiger partial charge in [0.05, 0.1) is 0 Å². The van der Waals surface area contributed by atoms with E-state index in [1.165, 1.54) is 0 Å². The van der Waals surface area contributed by atoms with Crippen LogP contribution >= 0.6 is 0 Å². The first kappa shape index (κ1) is 15.3. The molecule has 1 saturated heterocycles. The molecule has 1 aliphatic heterocycles. The highest BCUT2D eigenvalue weighted by molar-refractivity contribution is 5.89. The molecule has 1 heterocycles. The summed E-state index contributed by atoms with van der Waals surface area (Å²) in [7, 11) is 0. The van der Waals surface area contributed by atoms with Crippen LogP contribution in [0.2, 0.25) is 0 Å². The van der Waals surface area contributed by atoms with Crippen LogP contribution in [0.15, 0.2) is 42.5 Å². The fraction of sp³-hybridized carbons (Fsp3) is 0.333. The number of hydrogen-bond acceptors (Lipinski definition) is 3. The second-order valence-corrected chi connectivity index (χ2v) is 5.77. The normalized spacial score (nSPS) is 17.9. The van der Waals surface area contributed by atoms with Crippen LogP contribution in [0.25, 0.3) is 10.8 Å². The molecule has 5 heteroatoms. The Kier molecular flexibility index (Phi) is 4.46. The van der Waals surface area contributed by atoms with Crippen LogP contribution in [0.4, 0.5) is 0 Å². The molecule has 5 nitrogen and oxygen atoms in total. The van der Waals surface area contributed by atoms with Crippen LogP contribution in [0.1, 0.15) is 19.3 Å². The molecule has 1 aliphatic rings. The molecule has 2 amide bonds. The van der Waals surface area contributed by atoms with Gasteiger partial charge in [0.25, 0.3) is 5.91 Å². The van der Waals surface area contributed by atoms with E-state index in [4.69, 9.17) is 10.5 Å². The minimum atomic E-state index is -0.507. The number of rotatable bonds is 4. The Hall–Kier alpha value is -2.56. The van der Waals surface area contributed by atoms with Crippen LogP contribution in [-0.2, 0) is 9.59 Å². The van der Waals surface area contributed by atoms with Crippen molar-refractivity contribution in [2.45, 2.75) is 25.3 Å². The largest absolute Gasteiger partial charge is 0.483 e. The number of nitrogens with two attached hydrogens (primary N) is 1. The third-order valence-electron chi connectivity index (χ3n) is 4.25. The zero-order valence-electron chi connectivity index (χ0n) is 12.9. The van der Waals surface area contributed by atoms with Gasteiger partial charge in [0, 0.05) is 11.9 Å². The van der Waals surface area contributed by atoms with Gasteiger partial charge in [-0.25, -0.2) is 0 Å². The lowest BCUT2D eigenvalue weighted by Crippen LogP contribution is -2.51. The Bertz CT molecular complexity index is 724. The van der Waals surface area contributed by atoms with Crippen LogP contribution in [0.5, 0.6) is 5.75 Å². The first-order chi connectivity index (χ1) is 11.2. The summed E-state index contributed by atoms with van der Waals surface area (Å²) in [4.78, 5) is 25.5. The number of carbonyl (C=O) groups excluding carboxylic acids is 2. The van der Waals surface area contributed by atoms with Crippen LogP contribution in [0, 0.1) is 0 Å². The predicted octanol–water partition coefficient (Wildman–Crippen LogP) is 2.08. The molecule has 2 aromatic rings. The standard InChI is InChI=1S/C18H20N2O3/c19-18(22)15-9-3-4-11-20(15)17(21)12-23-16-10-5-7-13-6-1-2-8-14(13)16/h1-2,5-8,10,15H,3-4,9,11-12H2,(H2,19,22). The smallest absolute Gasteiger partial charge is 0.261 e. The molecule has 0 saturated carbocycles. The Morgan fingerprint density at radius 3 is 2.74 bits per heavy atom. The molecule has 0 radical (unpaired) electrons. The number of nitrogens with zero attached hydrogens (tertiary/aromatic N) is 1. The van der Waals surface area contributed by atoms with Crippen LogP contribution in [-0.4, -0.2) is 35.9 Å². The zero-order valence-corrected chi connectivity index (χ0v) is 12.9. The van der Waals surface area contributed by atoms with Gasteiger partial charge in [-0.3, -0.25) is 9.59 Å². The van der Waals surface area contributed by atoms with Gasteiger partial charge >= 0.3 is 0 Å². The Morgan fingerprint density at radius 2 is 1.91 bits per heavy atom. The molecule has 0 aromatic heterocycles. The molecule has 1 atom stereocenters. The molecular formula is C18H20N2O3. The number of ether oxygens (including phenoxy) is 1. The third-order valence-corrected chi connectivity index (χ3v) is 4.25. The van der Waals surface area contributed by atoms with Crippen molar-refractivity contribution in [2.75, 3.05) is 13.2 Å². The molecular weight excluding hydrogens is 292 g/mol. The van der Waals surface area contributed by atoms with Crippen molar-refractivity contribution >= 4 is 22.6 Å². The summed E-state index contributed by atoms with van der Waals surface area (Å²) >= 11 is 0. The maximum absolute atomic E-state index is 12.4. The number of benzene rings is 2. The van der Waals surface area contributed by atoms with E-state index in [9.17, 15) is 9.59 Å². The fourth-order valence-corrected chi connectivity index (χ4v) is 3.07. The lowest BCUT2D eigenvalue weighted by Gasteiger charge is -2.33. The van der Waals surface area contributed by atoms with Gasteiger partial charge in [0.1, 0.15) is 11.8 Å². The van der Waals surface area contributed by atoms with Crippen molar-refractivity contribution in [3.63, 3.8) is 0 Å². The average Bonchev–Trinajstić information content (AvgIpc) is 2.59. The van der Waals surface area contributed by atoms with E-state index < -0.39 is 11.9 Å². The van der Waals surface area contributed by atoms with E-state index >= 15 is 0 Å². The van der Waals surface area contributed by atoms with Gasteiger partial charge in [-0.2, -0.15) is 0 Å². The second kappa shape index (κ2) is 6.69. The lowest BCUT2D eigenvalue weighted by molar-refractivity contribution is -0.142. The van der Waals surface area contributed by atoms with E-state index in [-0.39, 0.29) is 12.5 Å². The summed E-state index contributed by atoms with van der Waals surface area (Å²) in [6, 6.07) is 13.1. The summed E-state index contributed by atoms with van der Waals surface area (Å²) in [5.74, 6) is 0.0359. The van der Waals surface area contributed by atoms with E-state index in [1.807, 2.05) is 42.5 Å². The SMILES string of the molecule is NC(=O)C1CCCCN1C(=O)COc1cccc2ccccc12. The molecule has 120 valence electrons. The maximum Gasteiger partial charge on any atom is 0.261 e. The third kappa shape index (κ3) is 3.28. The molecule has 1 fully saturated rings. The first-order valence-electron chi connectivity index (χ1n) is 7.86. The van der Waals surface area contributed by atoms with Crippen molar-refractivity contribution in [1.29, 1.82) is 0 Å². The Labute approximate surface area is 135 Å². The number of likely N-dealkylation sites (tertiary alicyclic amines) is 1. The molecule has 3 rings (SSSR count). The Balaban J connectivity index is 1.71. The van der Waals surface area contributed by atoms with E-state index in [2.05, 4.69) is 0 Å². The monoisotopic (exact) mass is 312 g/mol. The van der Waals surface area contributed by atoms with Gasteiger partial charge in [0.2, 0.25) is 5.91 Å². The fourth-order valence-electron chi connectivity index (χ4n) is 3.07. The summed E-state index contributed by atoms with van der Waals surface area (Å²) in [6.07, 6.45) is 2.45. The highest BCUT2D eigenvalue weighted by Gasteiger charge is 2.30. The molecule has 2 N–H and O–H groups in total. The van der Waals surface area contributed by atoms with Crippen LogP contribution in [0.3, 0.4) is 0 Å². The highest BCUT2D eigenvalue weighted by Crippen LogP contribution is 2.25. The van der Waals surface area contributed by atoms with Crippen molar-refractivity contribution in [3.8, 4) is 5.75 Å². The van der Waals surface area contributed by atoms with Crippen molar-refractivity contribution in [1.82, 2.24) is 4.90 Å². The number of fused-ring (bicyclic) bond motifs is 1. The molecule has 0 spiro atoms. The summed E-state index contributed by atoms with van der Waals surface area (Å²) in [6.45, 7) is 0.475. The van der Waals surface area contributed by atoms with Crippen molar-refractivity contribution in [3.05, 3.63) is 42.5 Å². The topological polar surface area (TPSA) is 72.6 Å².